The van der Waals surface area contributed by atoms with Crippen molar-refractivity contribution in [1.82, 2.24) is 9.80 Å². The van der Waals surface area contributed by atoms with E-state index in [1.165, 1.54) is 0 Å². The Hall–Kier alpha value is -2.34. The quantitative estimate of drug-likeness (QED) is 0.667. The van der Waals surface area contributed by atoms with Crippen LogP contribution in [0, 0.1) is 0 Å². The molecular weight excluding hydrogens is 420 g/mol. The number of nitrogens with zero attached hydrogens (tertiary/aromatic N) is 2. The summed E-state index contributed by atoms with van der Waals surface area (Å²) < 4.78 is 6.44. The predicted octanol–water partition coefficient (Wildman–Crippen LogP) is 4.81. The van der Waals surface area contributed by atoms with Crippen LogP contribution in [0.25, 0.3) is 11.1 Å². The van der Waals surface area contributed by atoms with Gasteiger partial charge in [-0.05, 0) is 56.2 Å². The SMILES string of the molecule is CC(C)(C)OC(=O)N1CCN(C(=O)c2ccc(-c3ccc(Br)cc3)cc2)CC1. The topological polar surface area (TPSA) is 49.9 Å². The van der Waals surface area contributed by atoms with E-state index in [1.807, 2.05) is 69.3 Å². The number of amides is 2. The fourth-order valence-electron chi connectivity index (χ4n) is 3.05. The summed E-state index contributed by atoms with van der Waals surface area (Å²) in [6.07, 6.45) is -0.321. The molecule has 1 fully saturated rings. The van der Waals surface area contributed by atoms with E-state index in [1.54, 1.807) is 9.80 Å². The van der Waals surface area contributed by atoms with E-state index < -0.39 is 5.60 Å². The van der Waals surface area contributed by atoms with Crippen molar-refractivity contribution in [2.75, 3.05) is 26.2 Å². The molecule has 1 aliphatic heterocycles. The van der Waals surface area contributed by atoms with Gasteiger partial charge in [0.2, 0.25) is 0 Å². The van der Waals surface area contributed by atoms with Gasteiger partial charge in [-0.15, -0.1) is 0 Å². The monoisotopic (exact) mass is 444 g/mol. The molecule has 2 aromatic carbocycles. The Bertz CT molecular complexity index is 834. The second kappa shape index (κ2) is 8.35. The lowest BCUT2D eigenvalue weighted by molar-refractivity contribution is 0.0141. The molecule has 1 saturated heterocycles. The van der Waals surface area contributed by atoms with Gasteiger partial charge in [0.15, 0.2) is 0 Å². The molecule has 0 spiro atoms. The second-order valence-electron chi connectivity index (χ2n) is 7.84. The molecule has 28 heavy (non-hydrogen) atoms. The van der Waals surface area contributed by atoms with Crippen LogP contribution in [-0.2, 0) is 4.74 Å². The van der Waals surface area contributed by atoms with E-state index in [0.717, 1.165) is 15.6 Å². The van der Waals surface area contributed by atoms with Crippen molar-refractivity contribution in [2.45, 2.75) is 26.4 Å². The summed E-state index contributed by atoms with van der Waals surface area (Å²) in [5, 5.41) is 0. The van der Waals surface area contributed by atoms with E-state index in [2.05, 4.69) is 15.9 Å². The van der Waals surface area contributed by atoms with E-state index in [4.69, 9.17) is 4.74 Å². The minimum atomic E-state index is -0.513. The largest absolute Gasteiger partial charge is 0.444 e. The average Bonchev–Trinajstić information content (AvgIpc) is 2.67. The first-order valence-electron chi connectivity index (χ1n) is 9.36. The summed E-state index contributed by atoms with van der Waals surface area (Å²) in [7, 11) is 0. The molecule has 0 radical (unpaired) electrons. The lowest BCUT2D eigenvalue weighted by Crippen LogP contribution is -2.51. The number of hydrogen-bond acceptors (Lipinski definition) is 3. The van der Waals surface area contributed by atoms with Crippen LogP contribution in [0.5, 0.6) is 0 Å². The molecule has 0 N–H and O–H groups in total. The maximum atomic E-state index is 12.8. The maximum absolute atomic E-state index is 12.8. The van der Waals surface area contributed by atoms with Gasteiger partial charge >= 0.3 is 6.09 Å². The fraction of sp³-hybridized carbons (Fsp3) is 0.364. The molecule has 6 heteroatoms. The molecule has 3 rings (SSSR count). The highest BCUT2D eigenvalue weighted by Gasteiger charge is 2.28. The van der Waals surface area contributed by atoms with Crippen LogP contribution in [0.2, 0.25) is 0 Å². The van der Waals surface area contributed by atoms with Crippen LogP contribution in [0.15, 0.2) is 53.0 Å². The third-order valence-corrected chi connectivity index (χ3v) is 5.06. The van der Waals surface area contributed by atoms with Crippen molar-refractivity contribution in [3.8, 4) is 11.1 Å². The van der Waals surface area contributed by atoms with E-state index >= 15 is 0 Å². The van der Waals surface area contributed by atoms with E-state index in [-0.39, 0.29) is 12.0 Å². The first-order valence-corrected chi connectivity index (χ1v) is 10.2. The zero-order valence-corrected chi connectivity index (χ0v) is 18.0. The van der Waals surface area contributed by atoms with Crippen molar-refractivity contribution < 1.29 is 14.3 Å². The number of rotatable bonds is 2. The Balaban J connectivity index is 1.59. The summed E-state index contributed by atoms with van der Waals surface area (Å²) in [5.41, 5.74) is 2.32. The number of carbonyl (C=O) groups excluding carboxylic acids is 2. The molecular formula is C22H25BrN2O3. The van der Waals surface area contributed by atoms with Crippen molar-refractivity contribution in [1.29, 1.82) is 0 Å². The summed E-state index contributed by atoms with van der Waals surface area (Å²) in [4.78, 5) is 28.4. The Kier molecular flexibility index (Phi) is 6.08. The number of ether oxygens (including phenoxy) is 1. The normalized spacial score (nSPS) is 14.7. The van der Waals surface area contributed by atoms with Crippen LogP contribution in [0.3, 0.4) is 0 Å². The van der Waals surface area contributed by atoms with E-state index in [9.17, 15) is 9.59 Å². The van der Waals surface area contributed by atoms with Gasteiger partial charge in [-0.2, -0.15) is 0 Å². The van der Waals surface area contributed by atoms with Gasteiger partial charge in [0.25, 0.3) is 5.91 Å². The Morgan fingerprint density at radius 3 is 1.79 bits per heavy atom. The zero-order chi connectivity index (χ0) is 20.3. The fourth-order valence-corrected chi connectivity index (χ4v) is 3.31. The third kappa shape index (κ3) is 5.13. The maximum Gasteiger partial charge on any atom is 0.410 e. The van der Waals surface area contributed by atoms with Crippen LogP contribution in [0.4, 0.5) is 4.79 Å². The highest BCUT2D eigenvalue weighted by Crippen LogP contribution is 2.23. The van der Waals surface area contributed by atoms with Crippen molar-refractivity contribution >= 4 is 27.9 Å². The number of benzene rings is 2. The molecule has 2 amide bonds. The molecule has 1 aliphatic rings. The highest BCUT2D eigenvalue weighted by atomic mass is 79.9. The molecule has 0 aromatic heterocycles. The number of hydrogen-bond donors (Lipinski definition) is 0. The minimum absolute atomic E-state index is 0.00815. The predicted molar refractivity (Wildman–Crippen MR) is 113 cm³/mol. The molecule has 0 atom stereocenters. The molecule has 1 heterocycles. The zero-order valence-electron chi connectivity index (χ0n) is 16.4. The second-order valence-corrected chi connectivity index (χ2v) is 8.76. The minimum Gasteiger partial charge on any atom is -0.444 e. The molecule has 0 saturated carbocycles. The van der Waals surface area contributed by atoms with Crippen LogP contribution in [-0.4, -0.2) is 53.6 Å². The molecule has 0 bridgehead atoms. The van der Waals surface area contributed by atoms with Gasteiger partial charge in [-0.25, -0.2) is 4.79 Å². The third-order valence-electron chi connectivity index (χ3n) is 4.53. The van der Waals surface area contributed by atoms with Gasteiger partial charge < -0.3 is 14.5 Å². The van der Waals surface area contributed by atoms with Gasteiger partial charge in [-0.1, -0.05) is 40.2 Å². The van der Waals surface area contributed by atoms with Crippen LogP contribution in [0.1, 0.15) is 31.1 Å². The lowest BCUT2D eigenvalue weighted by atomic mass is 10.0. The van der Waals surface area contributed by atoms with Crippen LogP contribution < -0.4 is 0 Å². The first-order chi connectivity index (χ1) is 13.2. The average molecular weight is 445 g/mol. The van der Waals surface area contributed by atoms with Crippen molar-refractivity contribution in [3.05, 3.63) is 58.6 Å². The molecule has 0 unspecified atom stereocenters. The van der Waals surface area contributed by atoms with Crippen molar-refractivity contribution in [3.63, 3.8) is 0 Å². The summed E-state index contributed by atoms with van der Waals surface area (Å²) in [6, 6.07) is 15.7. The Morgan fingerprint density at radius 1 is 0.821 bits per heavy atom. The van der Waals surface area contributed by atoms with E-state index in [0.29, 0.717) is 31.7 Å². The highest BCUT2D eigenvalue weighted by molar-refractivity contribution is 9.10. The molecule has 148 valence electrons. The standard InChI is InChI=1S/C22H25BrN2O3/c1-22(2,3)28-21(27)25-14-12-24(13-15-25)20(26)18-6-4-16(5-7-18)17-8-10-19(23)11-9-17/h4-11H,12-15H2,1-3H3. The summed E-state index contributed by atoms with van der Waals surface area (Å²) >= 11 is 3.44. The summed E-state index contributed by atoms with van der Waals surface area (Å²) in [5.74, 6) is -0.00815. The number of piperazine rings is 1. The van der Waals surface area contributed by atoms with Gasteiger partial charge in [0.05, 0.1) is 0 Å². The summed E-state index contributed by atoms with van der Waals surface area (Å²) in [6.45, 7) is 7.53. The number of carbonyl (C=O) groups is 2. The Morgan fingerprint density at radius 2 is 1.29 bits per heavy atom. The van der Waals surface area contributed by atoms with Gasteiger partial charge in [-0.3, -0.25) is 4.79 Å². The van der Waals surface area contributed by atoms with Crippen LogP contribution >= 0.6 is 15.9 Å². The smallest absolute Gasteiger partial charge is 0.410 e. The van der Waals surface area contributed by atoms with Gasteiger partial charge in [0, 0.05) is 36.2 Å². The molecule has 0 aliphatic carbocycles. The van der Waals surface area contributed by atoms with Crippen molar-refractivity contribution in [2.24, 2.45) is 0 Å². The number of halogens is 1. The molecule has 2 aromatic rings. The lowest BCUT2D eigenvalue weighted by Gasteiger charge is -2.35. The van der Waals surface area contributed by atoms with Gasteiger partial charge in [0.1, 0.15) is 5.60 Å². The Labute approximate surface area is 174 Å². The first kappa shape index (κ1) is 20.4. The molecule has 5 nitrogen and oxygen atoms in total.